The number of fused-ring (bicyclic) bond motifs is 1. The van der Waals surface area contributed by atoms with Gasteiger partial charge in [-0.3, -0.25) is 9.78 Å². The lowest BCUT2D eigenvalue weighted by molar-refractivity contribution is 0.0925. The maximum absolute atomic E-state index is 12.6. The summed E-state index contributed by atoms with van der Waals surface area (Å²) in [7, 11) is 1.63. The second kappa shape index (κ2) is 7.81. The molecule has 0 radical (unpaired) electrons. The SMILES string of the molecule is COc1ccc2cc(C(=O)NC3CCNC(C)C3)c(C)nc2c1.Cl. The Balaban J connectivity index is 0.00000208. The van der Waals surface area contributed by atoms with Gasteiger partial charge < -0.3 is 15.4 Å². The van der Waals surface area contributed by atoms with Crippen LogP contribution in [0.15, 0.2) is 24.3 Å². The monoisotopic (exact) mass is 349 g/mol. The van der Waals surface area contributed by atoms with Gasteiger partial charge in [-0.05, 0) is 51.4 Å². The molecule has 0 saturated carbocycles. The summed E-state index contributed by atoms with van der Waals surface area (Å²) in [4.78, 5) is 17.2. The molecule has 1 saturated heterocycles. The van der Waals surface area contributed by atoms with Gasteiger partial charge in [-0.25, -0.2) is 0 Å². The van der Waals surface area contributed by atoms with Gasteiger partial charge in [0.2, 0.25) is 0 Å². The van der Waals surface area contributed by atoms with E-state index in [2.05, 4.69) is 22.5 Å². The van der Waals surface area contributed by atoms with Crippen LogP contribution in [-0.4, -0.2) is 36.6 Å². The third-order valence-corrected chi connectivity index (χ3v) is 4.42. The number of nitrogens with zero attached hydrogens (tertiary/aromatic N) is 1. The van der Waals surface area contributed by atoms with E-state index in [9.17, 15) is 4.79 Å². The Morgan fingerprint density at radius 1 is 1.38 bits per heavy atom. The lowest BCUT2D eigenvalue weighted by Crippen LogP contribution is -2.46. The van der Waals surface area contributed by atoms with Gasteiger partial charge in [-0.15, -0.1) is 12.4 Å². The fraction of sp³-hybridized carbons (Fsp3) is 0.444. The van der Waals surface area contributed by atoms with E-state index in [-0.39, 0.29) is 24.4 Å². The summed E-state index contributed by atoms with van der Waals surface area (Å²) >= 11 is 0. The highest BCUT2D eigenvalue weighted by atomic mass is 35.5. The summed E-state index contributed by atoms with van der Waals surface area (Å²) in [6, 6.07) is 8.29. The first kappa shape index (κ1) is 18.5. The highest BCUT2D eigenvalue weighted by Crippen LogP contribution is 2.22. The van der Waals surface area contributed by atoms with Crippen molar-refractivity contribution in [2.24, 2.45) is 0 Å². The van der Waals surface area contributed by atoms with Crippen molar-refractivity contribution >= 4 is 29.2 Å². The molecule has 130 valence electrons. The van der Waals surface area contributed by atoms with Gasteiger partial charge in [-0.2, -0.15) is 0 Å². The number of pyridine rings is 1. The van der Waals surface area contributed by atoms with E-state index in [1.54, 1.807) is 7.11 Å². The van der Waals surface area contributed by atoms with Crippen molar-refractivity contribution in [2.45, 2.75) is 38.8 Å². The number of carbonyl (C=O) groups excluding carboxylic acids is 1. The minimum absolute atomic E-state index is 0. The van der Waals surface area contributed by atoms with E-state index in [0.717, 1.165) is 41.7 Å². The molecule has 2 N–H and O–H groups in total. The van der Waals surface area contributed by atoms with E-state index >= 15 is 0 Å². The number of piperidine rings is 1. The molecule has 2 atom stereocenters. The summed E-state index contributed by atoms with van der Waals surface area (Å²) in [6.45, 7) is 4.97. The molecule has 0 aliphatic carbocycles. The van der Waals surface area contributed by atoms with Gasteiger partial charge in [0.15, 0.2) is 0 Å². The molecule has 3 rings (SSSR count). The van der Waals surface area contributed by atoms with E-state index in [1.807, 2.05) is 31.2 Å². The average Bonchev–Trinajstić information content (AvgIpc) is 2.53. The Hall–Kier alpha value is -1.85. The van der Waals surface area contributed by atoms with Crippen LogP contribution < -0.4 is 15.4 Å². The largest absolute Gasteiger partial charge is 0.497 e. The van der Waals surface area contributed by atoms with Gasteiger partial charge in [0.1, 0.15) is 5.75 Å². The molecule has 1 aliphatic rings. The molecular formula is C18H24ClN3O2. The number of amides is 1. The number of benzene rings is 1. The van der Waals surface area contributed by atoms with E-state index < -0.39 is 0 Å². The second-order valence-electron chi connectivity index (χ2n) is 6.23. The Kier molecular flexibility index (Phi) is 6.02. The van der Waals surface area contributed by atoms with Crippen LogP contribution in [0.5, 0.6) is 5.75 Å². The van der Waals surface area contributed by atoms with Crippen LogP contribution in [0.3, 0.4) is 0 Å². The van der Waals surface area contributed by atoms with Crippen molar-refractivity contribution in [1.29, 1.82) is 0 Å². The predicted octanol–water partition coefficient (Wildman–Crippen LogP) is 2.84. The average molecular weight is 350 g/mol. The van der Waals surface area contributed by atoms with Crippen molar-refractivity contribution in [2.75, 3.05) is 13.7 Å². The van der Waals surface area contributed by atoms with Crippen molar-refractivity contribution in [3.05, 3.63) is 35.5 Å². The summed E-state index contributed by atoms with van der Waals surface area (Å²) < 4.78 is 5.23. The van der Waals surface area contributed by atoms with E-state index in [0.29, 0.717) is 11.6 Å². The maximum Gasteiger partial charge on any atom is 0.253 e. The number of halogens is 1. The normalized spacial score (nSPS) is 20.3. The van der Waals surface area contributed by atoms with Crippen LogP contribution >= 0.6 is 12.4 Å². The molecule has 1 aromatic heterocycles. The highest BCUT2D eigenvalue weighted by molar-refractivity contribution is 5.99. The van der Waals surface area contributed by atoms with E-state index in [1.165, 1.54) is 0 Å². The topological polar surface area (TPSA) is 63.2 Å². The van der Waals surface area contributed by atoms with Crippen molar-refractivity contribution in [1.82, 2.24) is 15.6 Å². The zero-order valence-corrected chi connectivity index (χ0v) is 15.1. The number of hydrogen-bond donors (Lipinski definition) is 2. The van der Waals surface area contributed by atoms with Gasteiger partial charge in [0.05, 0.1) is 23.9 Å². The number of rotatable bonds is 3. The predicted molar refractivity (Wildman–Crippen MR) is 98.2 cm³/mol. The zero-order valence-electron chi connectivity index (χ0n) is 14.3. The lowest BCUT2D eigenvalue weighted by atomic mass is 10.00. The van der Waals surface area contributed by atoms with Crippen LogP contribution in [0.4, 0.5) is 0 Å². The molecule has 2 unspecified atom stereocenters. The molecular weight excluding hydrogens is 326 g/mol. The van der Waals surface area contributed by atoms with E-state index in [4.69, 9.17) is 4.74 Å². The van der Waals surface area contributed by atoms with Gasteiger partial charge in [0, 0.05) is 23.5 Å². The minimum atomic E-state index is -0.0354. The Morgan fingerprint density at radius 2 is 2.17 bits per heavy atom. The second-order valence-corrected chi connectivity index (χ2v) is 6.23. The Labute approximate surface area is 148 Å². The van der Waals surface area contributed by atoms with Gasteiger partial charge in [0.25, 0.3) is 5.91 Å². The first-order valence-electron chi connectivity index (χ1n) is 8.06. The molecule has 0 spiro atoms. The molecule has 1 fully saturated rings. The van der Waals surface area contributed by atoms with Crippen LogP contribution in [0.25, 0.3) is 10.9 Å². The summed E-state index contributed by atoms with van der Waals surface area (Å²) in [5.74, 6) is 0.733. The highest BCUT2D eigenvalue weighted by Gasteiger charge is 2.21. The third kappa shape index (κ3) is 3.97. The van der Waals surface area contributed by atoms with Crippen molar-refractivity contribution < 1.29 is 9.53 Å². The Morgan fingerprint density at radius 3 is 2.88 bits per heavy atom. The van der Waals surface area contributed by atoms with Crippen molar-refractivity contribution in [3.63, 3.8) is 0 Å². The Bertz CT molecular complexity index is 736. The number of carbonyl (C=O) groups is 1. The third-order valence-electron chi connectivity index (χ3n) is 4.42. The van der Waals surface area contributed by atoms with Crippen molar-refractivity contribution in [3.8, 4) is 5.75 Å². The van der Waals surface area contributed by atoms with Gasteiger partial charge in [-0.1, -0.05) is 0 Å². The van der Waals surface area contributed by atoms with Crippen LogP contribution in [0.1, 0.15) is 35.8 Å². The van der Waals surface area contributed by atoms with Crippen LogP contribution in [-0.2, 0) is 0 Å². The van der Waals surface area contributed by atoms with Gasteiger partial charge >= 0.3 is 0 Å². The number of ether oxygens (including phenoxy) is 1. The summed E-state index contributed by atoms with van der Waals surface area (Å²) in [5, 5.41) is 7.49. The molecule has 6 heteroatoms. The fourth-order valence-electron chi connectivity index (χ4n) is 3.13. The molecule has 1 aliphatic heterocycles. The fourth-order valence-corrected chi connectivity index (χ4v) is 3.13. The quantitative estimate of drug-likeness (QED) is 0.894. The molecule has 1 amide bonds. The van der Waals surface area contributed by atoms with Crippen LogP contribution in [0, 0.1) is 6.92 Å². The number of methoxy groups -OCH3 is 1. The number of hydrogen-bond acceptors (Lipinski definition) is 4. The molecule has 5 nitrogen and oxygen atoms in total. The van der Waals surface area contributed by atoms with Crippen LogP contribution in [0.2, 0.25) is 0 Å². The minimum Gasteiger partial charge on any atom is -0.497 e. The maximum atomic E-state index is 12.6. The zero-order chi connectivity index (χ0) is 16.4. The summed E-state index contributed by atoms with van der Waals surface area (Å²) in [5.41, 5.74) is 2.23. The molecule has 24 heavy (non-hydrogen) atoms. The first-order chi connectivity index (χ1) is 11.1. The molecule has 1 aromatic carbocycles. The number of aryl methyl sites for hydroxylation is 1. The standard InChI is InChI=1S/C18H23N3O2.ClH/c1-11-8-14(6-7-19-11)21-18(22)16-9-13-4-5-15(23-3)10-17(13)20-12(16)2;/h4-5,9-11,14,19H,6-8H2,1-3H3,(H,21,22);1H. The molecule has 0 bridgehead atoms. The number of nitrogens with one attached hydrogen (secondary N) is 2. The lowest BCUT2D eigenvalue weighted by Gasteiger charge is -2.28. The number of aromatic nitrogens is 1. The molecule has 2 heterocycles. The smallest absolute Gasteiger partial charge is 0.253 e. The summed E-state index contributed by atoms with van der Waals surface area (Å²) in [6.07, 6.45) is 1.93. The molecule has 2 aromatic rings. The first-order valence-corrected chi connectivity index (χ1v) is 8.06.